The molecule has 0 saturated heterocycles. The van der Waals surface area contributed by atoms with Crippen LogP contribution in [0.2, 0.25) is 0 Å². The lowest BCUT2D eigenvalue weighted by atomic mass is 10.3. The van der Waals surface area contributed by atoms with Crippen LogP contribution in [0.4, 0.5) is 0 Å². The standard InChI is InChI=1S/C9H19N3S/c1-5-11-7-12(8(2)3)6-10-9(11)13-4/h8H,5-7H2,1-4H3. The molecular weight excluding hydrogens is 182 g/mol. The van der Waals surface area contributed by atoms with Crippen LogP contribution in [0.25, 0.3) is 0 Å². The highest BCUT2D eigenvalue weighted by Crippen LogP contribution is 2.13. The molecule has 76 valence electrons. The second kappa shape index (κ2) is 4.86. The Kier molecular flexibility index (Phi) is 4.06. The molecule has 0 atom stereocenters. The molecule has 1 heterocycles. The van der Waals surface area contributed by atoms with Crippen LogP contribution in [-0.2, 0) is 0 Å². The largest absolute Gasteiger partial charge is 0.339 e. The first-order valence-electron chi connectivity index (χ1n) is 4.76. The normalized spacial score (nSPS) is 19.5. The number of thioether (sulfide) groups is 1. The quantitative estimate of drug-likeness (QED) is 0.677. The molecule has 3 nitrogen and oxygen atoms in total. The van der Waals surface area contributed by atoms with E-state index in [9.17, 15) is 0 Å². The summed E-state index contributed by atoms with van der Waals surface area (Å²) in [6.07, 6.45) is 2.09. The second-order valence-corrected chi connectivity index (χ2v) is 4.24. The molecule has 0 N–H and O–H groups in total. The molecule has 0 aliphatic carbocycles. The van der Waals surface area contributed by atoms with Crippen LogP contribution in [0.1, 0.15) is 20.8 Å². The highest BCUT2D eigenvalue weighted by atomic mass is 32.2. The molecule has 0 unspecified atom stereocenters. The number of hydrogen-bond donors (Lipinski definition) is 0. The summed E-state index contributed by atoms with van der Waals surface area (Å²) in [6, 6.07) is 0.584. The molecule has 1 rings (SSSR count). The van der Waals surface area contributed by atoms with E-state index < -0.39 is 0 Å². The molecule has 0 amide bonds. The minimum atomic E-state index is 0.584. The van der Waals surface area contributed by atoms with Crippen molar-refractivity contribution in [1.82, 2.24) is 9.80 Å². The van der Waals surface area contributed by atoms with Gasteiger partial charge in [-0.3, -0.25) is 4.90 Å². The molecule has 1 aliphatic rings. The molecule has 1 aliphatic heterocycles. The van der Waals surface area contributed by atoms with Gasteiger partial charge in [0.25, 0.3) is 0 Å². The van der Waals surface area contributed by atoms with Crippen LogP contribution in [0.15, 0.2) is 4.99 Å². The topological polar surface area (TPSA) is 18.8 Å². The molecule has 0 aromatic heterocycles. The maximum Gasteiger partial charge on any atom is 0.161 e. The van der Waals surface area contributed by atoms with Crippen molar-refractivity contribution in [2.45, 2.75) is 26.8 Å². The zero-order valence-corrected chi connectivity index (χ0v) is 9.77. The molecule has 0 aromatic carbocycles. The third-order valence-electron chi connectivity index (χ3n) is 2.31. The van der Waals surface area contributed by atoms with E-state index in [1.54, 1.807) is 11.8 Å². The van der Waals surface area contributed by atoms with Gasteiger partial charge in [-0.2, -0.15) is 0 Å². The van der Waals surface area contributed by atoms with Crippen molar-refractivity contribution in [2.75, 3.05) is 26.1 Å². The molecule has 0 aromatic rings. The van der Waals surface area contributed by atoms with Gasteiger partial charge in [-0.05, 0) is 27.0 Å². The second-order valence-electron chi connectivity index (χ2n) is 3.47. The van der Waals surface area contributed by atoms with Crippen molar-refractivity contribution in [3.8, 4) is 0 Å². The summed E-state index contributed by atoms with van der Waals surface area (Å²) >= 11 is 1.74. The molecular formula is C9H19N3S. The third kappa shape index (κ3) is 2.61. The van der Waals surface area contributed by atoms with Crippen LogP contribution >= 0.6 is 11.8 Å². The zero-order chi connectivity index (χ0) is 9.84. The highest BCUT2D eigenvalue weighted by Gasteiger charge is 2.19. The van der Waals surface area contributed by atoms with E-state index in [-0.39, 0.29) is 0 Å². The van der Waals surface area contributed by atoms with E-state index in [0.717, 1.165) is 19.9 Å². The highest BCUT2D eigenvalue weighted by molar-refractivity contribution is 8.13. The molecule has 4 heteroatoms. The van der Waals surface area contributed by atoms with E-state index in [1.165, 1.54) is 5.17 Å². The Morgan fingerprint density at radius 2 is 2.23 bits per heavy atom. The lowest BCUT2D eigenvalue weighted by Gasteiger charge is -2.36. The van der Waals surface area contributed by atoms with Crippen molar-refractivity contribution in [1.29, 1.82) is 0 Å². The van der Waals surface area contributed by atoms with Gasteiger partial charge < -0.3 is 4.90 Å². The lowest BCUT2D eigenvalue weighted by molar-refractivity contribution is 0.144. The summed E-state index contributed by atoms with van der Waals surface area (Å²) in [4.78, 5) is 9.21. The fraction of sp³-hybridized carbons (Fsp3) is 0.889. The number of amidine groups is 1. The van der Waals surface area contributed by atoms with Gasteiger partial charge in [-0.15, -0.1) is 0 Å². The summed E-state index contributed by atoms with van der Waals surface area (Å²) in [5.41, 5.74) is 0. The maximum absolute atomic E-state index is 4.53. The SMILES string of the molecule is CCN1CN(C(C)C)CN=C1SC. The van der Waals surface area contributed by atoms with Crippen LogP contribution in [-0.4, -0.2) is 47.1 Å². The number of nitrogens with zero attached hydrogens (tertiary/aromatic N) is 3. The van der Waals surface area contributed by atoms with Crippen molar-refractivity contribution >= 4 is 16.9 Å². The average molecular weight is 201 g/mol. The minimum absolute atomic E-state index is 0.584. The van der Waals surface area contributed by atoms with Crippen LogP contribution < -0.4 is 0 Å². The summed E-state index contributed by atoms with van der Waals surface area (Å²) in [5, 5.41) is 1.18. The summed E-state index contributed by atoms with van der Waals surface area (Å²) in [7, 11) is 0. The van der Waals surface area contributed by atoms with Gasteiger partial charge >= 0.3 is 0 Å². The Bertz CT molecular complexity index is 191. The van der Waals surface area contributed by atoms with Crippen molar-refractivity contribution in [2.24, 2.45) is 4.99 Å². The van der Waals surface area contributed by atoms with E-state index in [2.05, 4.69) is 41.8 Å². The number of rotatable bonds is 2. The Hall–Kier alpha value is -0.220. The summed E-state index contributed by atoms with van der Waals surface area (Å²) in [6.45, 7) is 9.53. The van der Waals surface area contributed by atoms with Gasteiger partial charge in [-0.1, -0.05) is 11.8 Å². The fourth-order valence-corrected chi connectivity index (χ4v) is 1.96. The van der Waals surface area contributed by atoms with E-state index >= 15 is 0 Å². The van der Waals surface area contributed by atoms with Gasteiger partial charge in [0.15, 0.2) is 5.17 Å². The van der Waals surface area contributed by atoms with Gasteiger partial charge in [0.1, 0.15) is 0 Å². The first-order chi connectivity index (χ1) is 6.19. The van der Waals surface area contributed by atoms with Gasteiger partial charge in [0.2, 0.25) is 0 Å². The number of hydrogen-bond acceptors (Lipinski definition) is 4. The van der Waals surface area contributed by atoms with E-state index in [0.29, 0.717) is 6.04 Å². The third-order valence-corrected chi connectivity index (χ3v) is 3.06. The molecule has 0 fully saturated rings. The van der Waals surface area contributed by atoms with Crippen molar-refractivity contribution < 1.29 is 0 Å². The Balaban J connectivity index is 2.62. The number of aliphatic imine (C=N–C) groups is 1. The minimum Gasteiger partial charge on any atom is -0.339 e. The smallest absolute Gasteiger partial charge is 0.161 e. The Labute approximate surface area is 85.2 Å². The monoisotopic (exact) mass is 201 g/mol. The molecule has 0 saturated carbocycles. The Morgan fingerprint density at radius 1 is 1.54 bits per heavy atom. The average Bonchev–Trinajstić information content (AvgIpc) is 2.16. The summed E-state index contributed by atoms with van der Waals surface area (Å²) < 4.78 is 0. The van der Waals surface area contributed by atoms with Gasteiger partial charge in [-0.25, -0.2) is 4.99 Å². The van der Waals surface area contributed by atoms with Crippen LogP contribution in [0.3, 0.4) is 0 Å². The first kappa shape index (κ1) is 10.9. The molecule has 0 spiro atoms. The predicted octanol–water partition coefficient (Wildman–Crippen LogP) is 1.67. The maximum atomic E-state index is 4.53. The van der Waals surface area contributed by atoms with Crippen molar-refractivity contribution in [3.63, 3.8) is 0 Å². The molecule has 13 heavy (non-hydrogen) atoms. The predicted molar refractivity (Wildman–Crippen MR) is 60.0 cm³/mol. The summed E-state index contributed by atoms with van der Waals surface area (Å²) in [5.74, 6) is 0. The zero-order valence-electron chi connectivity index (χ0n) is 8.95. The fourth-order valence-electron chi connectivity index (χ4n) is 1.33. The van der Waals surface area contributed by atoms with Gasteiger partial charge in [0, 0.05) is 12.6 Å². The molecule has 0 radical (unpaired) electrons. The van der Waals surface area contributed by atoms with Crippen LogP contribution in [0, 0.1) is 0 Å². The first-order valence-corrected chi connectivity index (χ1v) is 5.99. The van der Waals surface area contributed by atoms with E-state index in [1.807, 2.05) is 0 Å². The van der Waals surface area contributed by atoms with Crippen molar-refractivity contribution in [3.05, 3.63) is 0 Å². The Morgan fingerprint density at radius 3 is 2.69 bits per heavy atom. The lowest BCUT2D eigenvalue weighted by Crippen LogP contribution is -2.47. The van der Waals surface area contributed by atoms with Gasteiger partial charge in [0.05, 0.1) is 13.3 Å². The van der Waals surface area contributed by atoms with E-state index in [4.69, 9.17) is 0 Å². The molecule has 0 bridgehead atoms. The van der Waals surface area contributed by atoms with Crippen LogP contribution in [0.5, 0.6) is 0 Å².